The van der Waals surface area contributed by atoms with Crippen LogP contribution in [0.3, 0.4) is 0 Å². The predicted molar refractivity (Wildman–Crippen MR) is 101 cm³/mol. The molecule has 0 bridgehead atoms. The maximum atomic E-state index is 13.5. The minimum atomic E-state index is -4.09. The Bertz CT molecular complexity index is 255. The molecule has 0 aromatic carbocycles. The van der Waals surface area contributed by atoms with Crippen LogP contribution in [-0.4, -0.2) is 16.7 Å². The average Bonchev–Trinajstić information content (AvgIpc) is 2.45. The molecule has 1 atom stereocenters. The quantitative estimate of drug-likeness (QED) is 0.222. The molecule has 0 heterocycles. The van der Waals surface area contributed by atoms with Gasteiger partial charge in [-0.25, -0.2) is 0 Å². The van der Waals surface area contributed by atoms with Gasteiger partial charge in [0.05, 0.1) is 0 Å². The summed E-state index contributed by atoms with van der Waals surface area (Å²) in [7, 11) is 2.44. The van der Waals surface area contributed by atoms with E-state index in [4.69, 9.17) is 0 Å². The third-order valence-corrected chi connectivity index (χ3v) is 7.42. The lowest BCUT2D eigenvalue weighted by molar-refractivity contribution is -0.138. The second-order valence-corrected chi connectivity index (χ2v) is 9.65. The zero-order valence-corrected chi connectivity index (χ0v) is 16.9. The van der Waals surface area contributed by atoms with E-state index in [9.17, 15) is 13.2 Å². The normalized spacial score (nSPS) is 14.0. The van der Waals surface area contributed by atoms with Crippen molar-refractivity contribution in [2.75, 3.05) is 0 Å². The Labute approximate surface area is 149 Å². The molecule has 0 amide bonds. The Morgan fingerprint density at radius 3 is 1.57 bits per heavy atom. The molecular formula is C18H35F3S2. The molecule has 140 valence electrons. The lowest BCUT2D eigenvalue weighted by Gasteiger charge is -2.29. The van der Waals surface area contributed by atoms with Crippen LogP contribution in [0, 0.1) is 5.92 Å². The molecular weight excluding hydrogens is 337 g/mol. The van der Waals surface area contributed by atoms with Gasteiger partial charge in [-0.1, -0.05) is 101 Å². The standard InChI is InChI=1S/C18H35F3S2/c1-5-7-9-11-13-16(14-12-10-8-6-2)17(18(19,20)21)23-22-15(3)4/h15-17H,5-14H2,1-4H3/t17-/m0/s1. The maximum absolute atomic E-state index is 13.5. The van der Waals surface area contributed by atoms with Gasteiger partial charge in [0.15, 0.2) is 0 Å². The lowest BCUT2D eigenvalue weighted by atomic mass is 9.91. The Kier molecular flexibility index (Phi) is 14.0. The van der Waals surface area contributed by atoms with Gasteiger partial charge < -0.3 is 0 Å². The molecule has 0 saturated heterocycles. The molecule has 0 N–H and O–H groups in total. The monoisotopic (exact) mass is 372 g/mol. The fraction of sp³-hybridized carbons (Fsp3) is 1.00. The van der Waals surface area contributed by atoms with Gasteiger partial charge in [-0.05, 0) is 18.8 Å². The number of hydrogen-bond acceptors (Lipinski definition) is 2. The van der Waals surface area contributed by atoms with Crippen molar-refractivity contribution in [3.05, 3.63) is 0 Å². The SMILES string of the molecule is CCCCCCC(CCCCCC)[C@H](SSC(C)C)C(F)(F)F. The Morgan fingerprint density at radius 2 is 1.22 bits per heavy atom. The molecule has 5 heteroatoms. The Hall–Kier alpha value is 0.490. The van der Waals surface area contributed by atoms with Crippen LogP contribution >= 0.6 is 21.6 Å². The summed E-state index contributed by atoms with van der Waals surface area (Å²) in [6, 6.07) is 0. The van der Waals surface area contributed by atoms with Crippen molar-refractivity contribution in [1.29, 1.82) is 0 Å². The first kappa shape index (κ1) is 23.5. The molecule has 0 aliphatic carbocycles. The van der Waals surface area contributed by atoms with E-state index in [0.29, 0.717) is 0 Å². The zero-order valence-electron chi connectivity index (χ0n) is 15.3. The second-order valence-electron chi connectivity index (χ2n) is 6.66. The molecule has 0 spiro atoms. The molecule has 0 unspecified atom stereocenters. The molecule has 0 saturated carbocycles. The topological polar surface area (TPSA) is 0 Å². The van der Waals surface area contributed by atoms with Crippen molar-refractivity contribution in [1.82, 2.24) is 0 Å². The van der Waals surface area contributed by atoms with Gasteiger partial charge in [0.1, 0.15) is 5.25 Å². The van der Waals surface area contributed by atoms with Crippen LogP contribution in [-0.2, 0) is 0 Å². The molecule has 0 aromatic rings. The van der Waals surface area contributed by atoms with Crippen molar-refractivity contribution in [3.63, 3.8) is 0 Å². The molecule has 0 rings (SSSR count). The van der Waals surface area contributed by atoms with Crippen molar-refractivity contribution >= 4 is 21.6 Å². The van der Waals surface area contributed by atoms with Crippen molar-refractivity contribution in [2.45, 2.75) is 109 Å². The van der Waals surface area contributed by atoms with Gasteiger partial charge in [-0.2, -0.15) is 13.2 Å². The van der Waals surface area contributed by atoms with Crippen LogP contribution in [0.1, 0.15) is 91.9 Å². The molecule has 0 radical (unpaired) electrons. The summed E-state index contributed by atoms with van der Waals surface area (Å²) < 4.78 is 40.6. The highest BCUT2D eigenvalue weighted by Gasteiger charge is 2.44. The van der Waals surface area contributed by atoms with Crippen LogP contribution in [0.4, 0.5) is 13.2 Å². The molecule has 0 aliphatic rings. The van der Waals surface area contributed by atoms with Gasteiger partial charge >= 0.3 is 6.18 Å². The van der Waals surface area contributed by atoms with Crippen LogP contribution in [0.2, 0.25) is 0 Å². The van der Waals surface area contributed by atoms with E-state index in [-0.39, 0.29) is 11.2 Å². The Balaban J connectivity index is 4.68. The van der Waals surface area contributed by atoms with E-state index in [1.165, 1.54) is 10.8 Å². The average molecular weight is 373 g/mol. The number of hydrogen-bond donors (Lipinski definition) is 0. The first-order valence-corrected chi connectivity index (χ1v) is 11.5. The zero-order chi connectivity index (χ0) is 17.7. The largest absolute Gasteiger partial charge is 0.401 e. The summed E-state index contributed by atoms with van der Waals surface area (Å²) in [6.07, 6.45) is 5.88. The number of unbranched alkanes of at least 4 members (excludes halogenated alkanes) is 6. The summed E-state index contributed by atoms with van der Waals surface area (Å²) >= 11 is 0. The smallest absolute Gasteiger partial charge is 0.170 e. The van der Waals surface area contributed by atoms with Gasteiger partial charge in [-0.15, -0.1) is 0 Å². The number of halogens is 3. The summed E-state index contributed by atoms with van der Waals surface area (Å²) in [6.45, 7) is 8.19. The fourth-order valence-corrected chi connectivity index (χ4v) is 5.39. The Morgan fingerprint density at radius 1 is 0.739 bits per heavy atom. The van der Waals surface area contributed by atoms with E-state index in [0.717, 1.165) is 75.0 Å². The summed E-state index contributed by atoms with van der Waals surface area (Å²) in [5.41, 5.74) is 0. The maximum Gasteiger partial charge on any atom is 0.401 e. The highest BCUT2D eigenvalue weighted by atomic mass is 33.1. The first-order chi connectivity index (χ1) is 10.8. The minimum absolute atomic E-state index is 0.222. The molecule has 0 fully saturated rings. The first-order valence-electron chi connectivity index (χ1n) is 9.21. The number of alkyl halides is 3. The van der Waals surface area contributed by atoms with E-state index in [1.807, 2.05) is 13.8 Å². The lowest BCUT2D eigenvalue weighted by Crippen LogP contribution is -2.33. The fourth-order valence-electron chi connectivity index (χ4n) is 2.69. The van der Waals surface area contributed by atoms with Crippen molar-refractivity contribution in [2.24, 2.45) is 5.92 Å². The van der Waals surface area contributed by atoms with Crippen molar-refractivity contribution < 1.29 is 13.2 Å². The van der Waals surface area contributed by atoms with Crippen molar-refractivity contribution in [3.8, 4) is 0 Å². The van der Waals surface area contributed by atoms with Gasteiger partial charge in [0.25, 0.3) is 0 Å². The van der Waals surface area contributed by atoms with E-state index >= 15 is 0 Å². The molecule has 0 aromatic heterocycles. The summed E-state index contributed by atoms with van der Waals surface area (Å²) in [5, 5.41) is -0.983. The predicted octanol–water partition coefficient (Wildman–Crippen LogP) is 8.26. The van der Waals surface area contributed by atoms with Crippen LogP contribution < -0.4 is 0 Å². The van der Waals surface area contributed by atoms with Gasteiger partial charge in [0.2, 0.25) is 0 Å². The molecule has 23 heavy (non-hydrogen) atoms. The van der Waals surface area contributed by atoms with E-state index in [1.54, 1.807) is 0 Å². The van der Waals surface area contributed by atoms with Crippen LogP contribution in [0.15, 0.2) is 0 Å². The third-order valence-electron chi connectivity index (χ3n) is 3.96. The summed E-state index contributed by atoms with van der Waals surface area (Å²) in [5.74, 6) is -0.222. The van der Waals surface area contributed by atoms with E-state index in [2.05, 4.69) is 13.8 Å². The highest BCUT2D eigenvalue weighted by Crippen LogP contribution is 2.46. The number of rotatable bonds is 14. The van der Waals surface area contributed by atoms with Gasteiger partial charge in [0, 0.05) is 5.25 Å². The minimum Gasteiger partial charge on any atom is -0.170 e. The van der Waals surface area contributed by atoms with E-state index < -0.39 is 11.4 Å². The molecule has 0 aliphatic heterocycles. The van der Waals surface area contributed by atoms with Crippen LogP contribution in [0.25, 0.3) is 0 Å². The molecule has 0 nitrogen and oxygen atoms in total. The second kappa shape index (κ2) is 13.7. The van der Waals surface area contributed by atoms with Crippen LogP contribution in [0.5, 0.6) is 0 Å². The summed E-state index contributed by atoms with van der Waals surface area (Å²) in [4.78, 5) is 0. The van der Waals surface area contributed by atoms with Gasteiger partial charge in [-0.3, -0.25) is 0 Å². The third kappa shape index (κ3) is 12.5. The highest BCUT2D eigenvalue weighted by molar-refractivity contribution is 8.77.